The molecule has 8 nitrogen and oxygen atoms in total. The number of hydrogen-bond acceptors (Lipinski definition) is 8. The Balaban J connectivity index is 1.64. The van der Waals surface area contributed by atoms with Crippen molar-refractivity contribution in [2.24, 2.45) is 5.92 Å². The van der Waals surface area contributed by atoms with Gasteiger partial charge in [-0.1, -0.05) is 31.7 Å². The first-order valence-corrected chi connectivity index (χ1v) is 12.0. The molecule has 0 N–H and O–H groups in total. The number of carbonyl (C=O) groups is 1. The molecule has 0 bridgehead atoms. The molecule has 3 aromatic rings. The first-order valence-electron chi connectivity index (χ1n) is 12.0. The van der Waals surface area contributed by atoms with Gasteiger partial charge in [0.25, 0.3) is 0 Å². The van der Waals surface area contributed by atoms with Crippen LogP contribution in [-0.4, -0.2) is 33.8 Å². The number of benzene rings is 3. The number of rotatable bonds is 4. The lowest BCUT2D eigenvalue weighted by Crippen LogP contribution is -2.21. The summed E-state index contributed by atoms with van der Waals surface area (Å²) >= 11 is 0. The van der Waals surface area contributed by atoms with Crippen LogP contribution in [0.25, 0.3) is 11.1 Å². The SMILES string of the molecule is C=C1[C@@H](OC(=O)c2ccccc2)c2cc3c(c(OC)c2-c2c(cc4c(c2OC)OCO4)C[C@@H]1C)OCO3. The number of esters is 1. The van der Waals surface area contributed by atoms with Gasteiger partial charge >= 0.3 is 5.97 Å². The van der Waals surface area contributed by atoms with Crippen molar-refractivity contribution in [2.45, 2.75) is 19.4 Å². The highest BCUT2D eigenvalue weighted by molar-refractivity contribution is 5.92. The highest BCUT2D eigenvalue weighted by Gasteiger charge is 2.39. The molecule has 1 aliphatic carbocycles. The van der Waals surface area contributed by atoms with E-state index in [1.54, 1.807) is 38.5 Å². The lowest BCUT2D eigenvalue weighted by atomic mass is 9.78. The summed E-state index contributed by atoms with van der Waals surface area (Å²) < 4.78 is 41.1. The van der Waals surface area contributed by atoms with E-state index in [1.807, 2.05) is 18.2 Å². The van der Waals surface area contributed by atoms with Gasteiger partial charge in [-0.25, -0.2) is 4.79 Å². The van der Waals surface area contributed by atoms with E-state index >= 15 is 0 Å². The summed E-state index contributed by atoms with van der Waals surface area (Å²) in [7, 11) is 3.16. The summed E-state index contributed by atoms with van der Waals surface area (Å²) in [6.07, 6.45) is -0.193. The fourth-order valence-corrected chi connectivity index (χ4v) is 5.19. The third kappa shape index (κ3) is 3.63. The molecule has 190 valence electrons. The maximum absolute atomic E-state index is 13.3. The van der Waals surface area contributed by atoms with Crippen molar-refractivity contribution in [3.05, 3.63) is 71.3 Å². The van der Waals surface area contributed by atoms with E-state index in [2.05, 4.69) is 13.5 Å². The highest BCUT2D eigenvalue weighted by Crippen LogP contribution is 2.59. The first-order chi connectivity index (χ1) is 18.0. The molecule has 8 heteroatoms. The van der Waals surface area contributed by atoms with Crippen LogP contribution in [0.15, 0.2) is 54.6 Å². The van der Waals surface area contributed by atoms with Gasteiger partial charge in [0.15, 0.2) is 23.0 Å². The lowest BCUT2D eigenvalue weighted by molar-refractivity contribution is 0.0354. The monoisotopic (exact) mass is 502 g/mol. The van der Waals surface area contributed by atoms with Crippen LogP contribution in [0.2, 0.25) is 0 Å². The number of fused-ring (bicyclic) bond motifs is 5. The standard InChI is InChI=1S/C29H26O8/c1-15-10-18-11-20-25(35-13-33-20)27(31-3)22(18)23-19(12-21-26(28(23)32-4)36-14-34-21)24(16(15)2)37-29(30)17-8-6-5-7-9-17/h5-9,11-12,15,24H,2,10,13-14H2,1,3-4H3/t15-,24+/m0/s1. The van der Waals surface area contributed by atoms with Crippen LogP contribution in [-0.2, 0) is 11.2 Å². The summed E-state index contributed by atoms with van der Waals surface area (Å²) in [5.41, 5.74) is 4.23. The Morgan fingerprint density at radius 3 is 2.16 bits per heavy atom. The summed E-state index contributed by atoms with van der Waals surface area (Å²) in [6, 6.07) is 12.7. The van der Waals surface area contributed by atoms with E-state index in [4.69, 9.17) is 33.2 Å². The molecule has 3 aliphatic rings. The topological polar surface area (TPSA) is 81.7 Å². The van der Waals surface area contributed by atoms with Crippen molar-refractivity contribution < 1.29 is 38.0 Å². The van der Waals surface area contributed by atoms with Gasteiger partial charge < -0.3 is 33.2 Å². The van der Waals surface area contributed by atoms with Gasteiger partial charge in [-0.3, -0.25) is 0 Å². The zero-order valence-electron chi connectivity index (χ0n) is 20.8. The van der Waals surface area contributed by atoms with Gasteiger partial charge in [-0.15, -0.1) is 0 Å². The molecule has 0 fully saturated rings. The third-order valence-corrected chi connectivity index (χ3v) is 7.02. The third-order valence-electron chi connectivity index (χ3n) is 7.02. The van der Waals surface area contributed by atoms with E-state index in [9.17, 15) is 4.79 Å². The maximum Gasteiger partial charge on any atom is 0.339 e. The van der Waals surface area contributed by atoms with E-state index < -0.39 is 12.1 Å². The molecule has 0 aromatic heterocycles. The Kier molecular flexibility index (Phi) is 5.59. The van der Waals surface area contributed by atoms with Crippen LogP contribution in [0.1, 0.15) is 34.5 Å². The highest BCUT2D eigenvalue weighted by atomic mass is 16.7. The van der Waals surface area contributed by atoms with E-state index in [0.29, 0.717) is 57.6 Å². The minimum atomic E-state index is -0.788. The second-order valence-electron chi connectivity index (χ2n) is 9.12. The molecule has 0 spiro atoms. The zero-order chi connectivity index (χ0) is 25.7. The molecule has 0 radical (unpaired) electrons. The van der Waals surface area contributed by atoms with Crippen molar-refractivity contribution >= 4 is 5.97 Å². The van der Waals surface area contributed by atoms with Gasteiger partial charge in [0.1, 0.15) is 6.10 Å². The van der Waals surface area contributed by atoms with Crippen LogP contribution < -0.4 is 28.4 Å². The molecule has 6 rings (SSSR count). The molecule has 0 amide bonds. The molecule has 2 heterocycles. The van der Waals surface area contributed by atoms with Crippen molar-refractivity contribution in [3.8, 4) is 45.6 Å². The predicted octanol–water partition coefficient (Wildman–Crippen LogP) is 5.47. The van der Waals surface area contributed by atoms with Crippen LogP contribution in [0, 0.1) is 5.92 Å². The Hall–Kier alpha value is -4.33. The molecule has 0 unspecified atom stereocenters. The van der Waals surface area contributed by atoms with Crippen LogP contribution in [0.5, 0.6) is 34.5 Å². The van der Waals surface area contributed by atoms with Crippen molar-refractivity contribution in [2.75, 3.05) is 27.8 Å². The summed E-state index contributed by atoms with van der Waals surface area (Å²) in [5.74, 6) is 2.54. The van der Waals surface area contributed by atoms with Gasteiger partial charge in [-0.05, 0) is 47.7 Å². The number of carbonyl (C=O) groups excluding carboxylic acids is 1. The van der Waals surface area contributed by atoms with Gasteiger partial charge in [-0.2, -0.15) is 0 Å². The molecule has 0 saturated heterocycles. The minimum absolute atomic E-state index is 0.0472. The van der Waals surface area contributed by atoms with Crippen LogP contribution in [0.3, 0.4) is 0 Å². The van der Waals surface area contributed by atoms with Gasteiger partial charge in [0.05, 0.1) is 19.8 Å². The second-order valence-corrected chi connectivity index (χ2v) is 9.12. The maximum atomic E-state index is 13.3. The molecule has 3 aromatic carbocycles. The van der Waals surface area contributed by atoms with Crippen molar-refractivity contribution in [1.29, 1.82) is 0 Å². The largest absolute Gasteiger partial charge is 0.492 e. The van der Waals surface area contributed by atoms with Crippen LogP contribution >= 0.6 is 0 Å². The summed E-state index contributed by atoms with van der Waals surface area (Å²) in [5, 5.41) is 0. The quantitative estimate of drug-likeness (QED) is 0.343. The molecule has 2 aliphatic heterocycles. The summed E-state index contributed by atoms with van der Waals surface area (Å²) in [6.45, 7) is 6.58. The van der Waals surface area contributed by atoms with Crippen LogP contribution in [0.4, 0.5) is 0 Å². The Labute approximate surface area is 214 Å². The van der Waals surface area contributed by atoms with E-state index in [0.717, 1.165) is 16.7 Å². The fraction of sp³-hybridized carbons (Fsp3) is 0.276. The fourth-order valence-electron chi connectivity index (χ4n) is 5.19. The van der Waals surface area contributed by atoms with Crippen molar-refractivity contribution in [1.82, 2.24) is 0 Å². The second kappa shape index (κ2) is 8.96. The minimum Gasteiger partial charge on any atom is -0.492 e. The van der Waals surface area contributed by atoms with E-state index in [1.165, 1.54) is 0 Å². The number of hydrogen-bond donors (Lipinski definition) is 0. The normalized spacial score (nSPS) is 18.8. The molecule has 37 heavy (non-hydrogen) atoms. The average Bonchev–Trinajstić information content (AvgIpc) is 3.59. The van der Waals surface area contributed by atoms with Crippen molar-refractivity contribution in [3.63, 3.8) is 0 Å². The zero-order valence-corrected chi connectivity index (χ0v) is 20.8. The molecular formula is C29H26O8. The predicted molar refractivity (Wildman–Crippen MR) is 134 cm³/mol. The Morgan fingerprint density at radius 1 is 0.892 bits per heavy atom. The molecule has 2 atom stereocenters. The molecular weight excluding hydrogens is 476 g/mol. The van der Waals surface area contributed by atoms with Gasteiger partial charge in [0.2, 0.25) is 25.1 Å². The Bertz CT molecular complexity index is 1410. The van der Waals surface area contributed by atoms with Gasteiger partial charge in [0, 0.05) is 16.7 Å². The summed E-state index contributed by atoms with van der Waals surface area (Å²) in [4.78, 5) is 13.3. The Morgan fingerprint density at radius 2 is 1.51 bits per heavy atom. The number of methoxy groups -OCH3 is 2. The van der Waals surface area contributed by atoms with E-state index in [-0.39, 0.29) is 19.5 Å². The average molecular weight is 503 g/mol. The lowest BCUT2D eigenvalue weighted by Gasteiger charge is -2.32. The number of ether oxygens (including phenoxy) is 7. The first kappa shape index (κ1) is 23.1. The molecule has 0 saturated carbocycles. The smallest absolute Gasteiger partial charge is 0.339 e.